The van der Waals surface area contributed by atoms with Gasteiger partial charge in [0.25, 0.3) is 0 Å². The van der Waals surface area contributed by atoms with E-state index in [0.29, 0.717) is 17.9 Å². The van der Waals surface area contributed by atoms with Crippen molar-refractivity contribution in [3.63, 3.8) is 0 Å². The predicted octanol–water partition coefficient (Wildman–Crippen LogP) is 5.80. The molecule has 1 heterocycles. The Hall–Kier alpha value is -3.32. The molecule has 0 bridgehead atoms. The number of benzene rings is 3. The van der Waals surface area contributed by atoms with Gasteiger partial charge in [-0.2, -0.15) is 0 Å². The molecule has 0 spiro atoms. The summed E-state index contributed by atoms with van der Waals surface area (Å²) in [5, 5.41) is 0. The van der Waals surface area contributed by atoms with Crippen molar-refractivity contribution in [3.05, 3.63) is 77.9 Å². The van der Waals surface area contributed by atoms with Crippen molar-refractivity contribution in [2.24, 2.45) is 0 Å². The Balaban J connectivity index is 1.35. The van der Waals surface area contributed by atoms with E-state index in [4.69, 9.17) is 9.47 Å². The van der Waals surface area contributed by atoms with Crippen LogP contribution in [0.5, 0.6) is 11.5 Å². The minimum Gasteiger partial charge on any atom is -0.493 e. The molecule has 4 rings (SSSR count). The van der Waals surface area contributed by atoms with Crippen LogP contribution in [0.25, 0.3) is 0 Å². The first-order valence-corrected chi connectivity index (χ1v) is 13.1. The van der Waals surface area contributed by atoms with Crippen LogP contribution in [0.15, 0.2) is 71.6 Å². The van der Waals surface area contributed by atoms with Crippen LogP contribution in [-0.2, 0) is 11.2 Å². The van der Waals surface area contributed by atoms with Crippen LogP contribution in [0.3, 0.4) is 0 Å². The molecule has 1 aliphatic rings. The van der Waals surface area contributed by atoms with Gasteiger partial charge in [0, 0.05) is 41.4 Å². The molecule has 0 aromatic heterocycles. The molecule has 1 aliphatic heterocycles. The second kappa shape index (κ2) is 11.6. The molecule has 0 saturated carbocycles. The van der Waals surface area contributed by atoms with Crippen molar-refractivity contribution < 1.29 is 14.3 Å². The average Bonchev–Trinajstić information content (AvgIpc) is 2.88. The van der Waals surface area contributed by atoms with Gasteiger partial charge in [0.2, 0.25) is 5.91 Å². The van der Waals surface area contributed by atoms with Gasteiger partial charge in [-0.15, -0.1) is 0 Å². The smallest absolute Gasteiger partial charge is 0.227 e. The first-order chi connectivity index (χ1) is 17.4. The molecule has 1 saturated heterocycles. The maximum Gasteiger partial charge on any atom is 0.227 e. The molecular weight excluding hydrogens is 470 g/mol. The van der Waals surface area contributed by atoms with Crippen molar-refractivity contribution in [3.8, 4) is 11.5 Å². The second-order valence-corrected chi connectivity index (χ2v) is 10.2. The number of anilines is 2. The van der Waals surface area contributed by atoms with Crippen molar-refractivity contribution in [1.82, 2.24) is 4.90 Å². The van der Waals surface area contributed by atoms with Crippen LogP contribution in [-0.4, -0.2) is 50.2 Å². The van der Waals surface area contributed by atoms with Crippen LogP contribution in [0.2, 0.25) is 0 Å². The normalized spacial score (nSPS) is 17.6. The first kappa shape index (κ1) is 25.8. The summed E-state index contributed by atoms with van der Waals surface area (Å²) < 4.78 is 14.1. The van der Waals surface area contributed by atoms with E-state index in [1.807, 2.05) is 23.1 Å². The molecule has 2 unspecified atom stereocenters. The monoisotopic (exact) mass is 505 g/mol. The number of amides is 1. The van der Waals surface area contributed by atoms with Gasteiger partial charge in [0.15, 0.2) is 11.5 Å². The molecule has 1 fully saturated rings. The third-order valence-corrected chi connectivity index (χ3v) is 7.40. The third-order valence-electron chi connectivity index (χ3n) is 6.55. The number of ether oxygens (including phenoxy) is 2. The number of aryl methyl sites for hydroxylation is 1. The lowest BCUT2D eigenvalue weighted by atomic mass is 10.0. The Morgan fingerprint density at radius 2 is 1.56 bits per heavy atom. The molecule has 3 aromatic carbocycles. The summed E-state index contributed by atoms with van der Waals surface area (Å²) in [5.41, 5.74) is 4.42. The molecule has 190 valence electrons. The lowest BCUT2D eigenvalue weighted by Crippen LogP contribution is -2.59. The van der Waals surface area contributed by atoms with Gasteiger partial charge in [-0.05, 0) is 86.8 Å². The Morgan fingerprint density at radius 3 is 2.17 bits per heavy atom. The molecule has 1 amide bonds. The fourth-order valence-electron chi connectivity index (χ4n) is 4.75. The second-order valence-electron chi connectivity index (χ2n) is 9.33. The Bertz CT molecular complexity index is 1160. The zero-order chi connectivity index (χ0) is 25.7. The number of carbonyl (C=O) groups excluding carboxylic acids is 1. The topological polar surface area (TPSA) is 54.0 Å². The maximum atomic E-state index is 13.3. The molecule has 3 aromatic rings. The van der Waals surface area contributed by atoms with Crippen molar-refractivity contribution >= 4 is 29.2 Å². The molecule has 36 heavy (non-hydrogen) atoms. The molecule has 0 radical (unpaired) electrons. The Kier molecular flexibility index (Phi) is 8.31. The fourth-order valence-corrected chi connectivity index (χ4v) is 5.39. The van der Waals surface area contributed by atoms with Crippen LogP contribution in [0.4, 0.5) is 11.4 Å². The minimum absolute atomic E-state index is 0.108. The number of methoxy groups -OCH3 is 2. The summed E-state index contributed by atoms with van der Waals surface area (Å²) in [6.07, 6.45) is 0.341. The Morgan fingerprint density at radius 1 is 0.917 bits per heavy atom. The number of nitrogens with one attached hydrogen (secondary N) is 1. The molecule has 2 atom stereocenters. The molecular formula is C29H35N3O3S. The van der Waals surface area contributed by atoms with Crippen molar-refractivity contribution in [2.75, 3.05) is 36.9 Å². The van der Waals surface area contributed by atoms with Gasteiger partial charge >= 0.3 is 0 Å². The molecule has 0 aliphatic carbocycles. The lowest BCUT2D eigenvalue weighted by molar-refractivity contribution is -0.135. The van der Waals surface area contributed by atoms with E-state index in [9.17, 15) is 4.79 Å². The first-order valence-electron chi connectivity index (χ1n) is 12.2. The Labute approximate surface area is 218 Å². The number of piperazine rings is 1. The SMILES string of the molecule is COc1ccc(CC(=O)N2C(C)CN(c3ccc(NSc4ccc(C)cc4)cc3)CC2C)cc1OC. The van der Waals surface area contributed by atoms with Gasteiger partial charge < -0.3 is 24.0 Å². The summed E-state index contributed by atoms with van der Waals surface area (Å²) >= 11 is 1.61. The quantitative estimate of drug-likeness (QED) is 0.391. The third kappa shape index (κ3) is 6.08. The van der Waals surface area contributed by atoms with E-state index in [1.54, 1.807) is 26.2 Å². The van der Waals surface area contributed by atoms with E-state index in [2.05, 4.69) is 78.9 Å². The highest BCUT2D eigenvalue weighted by atomic mass is 32.2. The average molecular weight is 506 g/mol. The fraction of sp³-hybridized carbons (Fsp3) is 0.345. The van der Waals surface area contributed by atoms with Crippen LogP contribution in [0.1, 0.15) is 25.0 Å². The van der Waals surface area contributed by atoms with Crippen molar-refractivity contribution in [2.45, 2.75) is 44.2 Å². The molecule has 6 nitrogen and oxygen atoms in total. The van der Waals surface area contributed by atoms with E-state index in [0.717, 1.165) is 24.3 Å². The zero-order valence-electron chi connectivity index (χ0n) is 21.7. The summed E-state index contributed by atoms with van der Waals surface area (Å²) in [4.78, 5) is 18.8. The largest absolute Gasteiger partial charge is 0.493 e. The summed E-state index contributed by atoms with van der Waals surface area (Å²) in [6.45, 7) is 7.95. The van der Waals surface area contributed by atoms with Gasteiger partial charge in [0.05, 0.1) is 20.6 Å². The number of rotatable bonds is 8. The molecule has 1 N–H and O–H groups in total. The summed E-state index contributed by atoms with van der Waals surface area (Å²) in [6, 6.07) is 22.9. The zero-order valence-corrected chi connectivity index (χ0v) is 22.5. The predicted molar refractivity (Wildman–Crippen MR) is 148 cm³/mol. The van der Waals surface area contributed by atoms with Gasteiger partial charge in [-0.25, -0.2) is 0 Å². The van der Waals surface area contributed by atoms with Gasteiger partial charge in [-0.1, -0.05) is 23.8 Å². The number of hydrogen-bond acceptors (Lipinski definition) is 6. The summed E-state index contributed by atoms with van der Waals surface area (Å²) in [5.74, 6) is 1.44. The lowest BCUT2D eigenvalue weighted by Gasteiger charge is -2.45. The van der Waals surface area contributed by atoms with Gasteiger partial charge in [-0.3, -0.25) is 4.79 Å². The maximum absolute atomic E-state index is 13.3. The standard InChI is InChI=1S/C29H35N3O3S/c1-20-6-13-26(14-7-20)36-30-24-9-11-25(12-10-24)31-18-21(2)32(22(3)19-31)29(33)17-23-8-15-27(34-4)28(16-23)35-5/h6-16,21-22,30H,17-19H2,1-5H3. The number of nitrogens with zero attached hydrogens (tertiary/aromatic N) is 2. The highest BCUT2D eigenvalue weighted by molar-refractivity contribution is 8.00. The molecule has 7 heteroatoms. The highest BCUT2D eigenvalue weighted by Gasteiger charge is 2.33. The van der Waals surface area contributed by atoms with Crippen LogP contribution < -0.4 is 19.1 Å². The van der Waals surface area contributed by atoms with E-state index < -0.39 is 0 Å². The van der Waals surface area contributed by atoms with E-state index >= 15 is 0 Å². The minimum atomic E-state index is 0.108. The van der Waals surface area contributed by atoms with Crippen LogP contribution in [0, 0.1) is 6.92 Å². The number of carbonyl (C=O) groups is 1. The number of hydrogen-bond donors (Lipinski definition) is 1. The van der Waals surface area contributed by atoms with E-state index in [-0.39, 0.29) is 18.0 Å². The van der Waals surface area contributed by atoms with E-state index in [1.165, 1.54) is 16.1 Å². The highest BCUT2D eigenvalue weighted by Crippen LogP contribution is 2.29. The summed E-state index contributed by atoms with van der Waals surface area (Å²) in [7, 11) is 3.22. The van der Waals surface area contributed by atoms with Gasteiger partial charge in [0.1, 0.15) is 0 Å². The van der Waals surface area contributed by atoms with Crippen molar-refractivity contribution in [1.29, 1.82) is 0 Å². The van der Waals surface area contributed by atoms with Crippen LogP contribution >= 0.6 is 11.9 Å².